The summed E-state index contributed by atoms with van der Waals surface area (Å²) in [7, 11) is 3.48. The van der Waals surface area contributed by atoms with Gasteiger partial charge in [0.2, 0.25) is 5.91 Å². The second-order valence-electron chi connectivity index (χ2n) is 11.1. The number of carbonyl (C=O) groups is 2. The number of nitrogens with zero attached hydrogens (tertiary/aromatic N) is 6. The van der Waals surface area contributed by atoms with Crippen LogP contribution in [0.5, 0.6) is 0 Å². The van der Waals surface area contributed by atoms with Crippen LogP contribution < -0.4 is 10.6 Å². The topological polar surface area (TPSA) is 128 Å². The van der Waals surface area contributed by atoms with Gasteiger partial charge in [-0.15, -0.1) is 0 Å². The predicted octanol–water partition coefficient (Wildman–Crippen LogP) is 2.65. The molecule has 3 atom stereocenters. The van der Waals surface area contributed by atoms with Crippen molar-refractivity contribution in [1.29, 1.82) is 0 Å². The van der Waals surface area contributed by atoms with Crippen LogP contribution in [0.2, 0.25) is 0 Å². The fourth-order valence-corrected chi connectivity index (χ4v) is 6.42. The second-order valence-corrected chi connectivity index (χ2v) is 11.1. The van der Waals surface area contributed by atoms with Crippen molar-refractivity contribution < 1.29 is 19.1 Å². The van der Waals surface area contributed by atoms with Gasteiger partial charge in [0.05, 0.1) is 30.1 Å². The Labute approximate surface area is 237 Å². The van der Waals surface area contributed by atoms with Crippen LogP contribution in [0.25, 0.3) is 27.9 Å². The molecule has 1 unspecified atom stereocenters. The summed E-state index contributed by atoms with van der Waals surface area (Å²) in [6, 6.07) is 6.03. The third-order valence-electron chi connectivity index (χ3n) is 8.83. The third-order valence-corrected chi connectivity index (χ3v) is 8.83. The van der Waals surface area contributed by atoms with Crippen LogP contribution in [-0.2, 0) is 14.3 Å². The molecule has 0 bridgehead atoms. The number of aromatic nitrogens is 5. The number of fused-ring (bicyclic) bond motifs is 2. The van der Waals surface area contributed by atoms with Gasteiger partial charge in [-0.2, -0.15) is 9.61 Å². The lowest BCUT2D eigenvalue weighted by atomic mass is 9.89. The molecule has 0 radical (unpaired) electrons. The maximum Gasteiger partial charge on any atom is 0.257 e. The SMILES string of the molecule is CNc1cc(-c2cn([C@H]3CC(=O)N(C4CCOCC4)C3)c3ncccc23)nc2c(C(=O)NC3CC[C@H]3OC)cnn12. The zero-order valence-electron chi connectivity index (χ0n) is 23.2. The van der Waals surface area contributed by atoms with Crippen LogP contribution in [0, 0.1) is 0 Å². The number of likely N-dealkylation sites (tertiary alicyclic amines) is 1. The molecule has 2 aliphatic heterocycles. The fourth-order valence-electron chi connectivity index (χ4n) is 6.42. The molecule has 0 aromatic carbocycles. The molecule has 1 aliphatic carbocycles. The van der Waals surface area contributed by atoms with Gasteiger partial charge in [-0.1, -0.05) is 0 Å². The molecule has 3 fully saturated rings. The molecular formula is C29H34N8O4. The summed E-state index contributed by atoms with van der Waals surface area (Å²) in [5.74, 6) is 0.657. The Hall–Kier alpha value is -4.03. The predicted molar refractivity (Wildman–Crippen MR) is 152 cm³/mol. The molecule has 4 aromatic heterocycles. The number of ether oxygens (including phenoxy) is 2. The molecule has 1 saturated carbocycles. The Balaban J connectivity index is 1.26. The van der Waals surface area contributed by atoms with Crippen molar-refractivity contribution in [3.8, 4) is 11.3 Å². The lowest BCUT2D eigenvalue weighted by Gasteiger charge is -2.35. The van der Waals surface area contributed by atoms with Gasteiger partial charge >= 0.3 is 0 Å². The van der Waals surface area contributed by atoms with E-state index in [1.807, 2.05) is 30.1 Å². The van der Waals surface area contributed by atoms with Crippen molar-refractivity contribution in [2.24, 2.45) is 0 Å². The summed E-state index contributed by atoms with van der Waals surface area (Å²) in [5.41, 5.74) is 3.25. The number of pyridine rings is 1. The number of hydrogen-bond acceptors (Lipinski definition) is 8. The first-order valence-corrected chi connectivity index (χ1v) is 14.3. The number of nitrogens with one attached hydrogen (secondary N) is 2. The molecule has 2 N–H and O–H groups in total. The van der Waals surface area contributed by atoms with Crippen LogP contribution in [0.4, 0.5) is 5.82 Å². The molecule has 2 saturated heterocycles. The Kier molecular flexibility index (Phi) is 6.58. The average molecular weight is 559 g/mol. The number of rotatable bonds is 7. The minimum Gasteiger partial charge on any atom is -0.381 e. The van der Waals surface area contributed by atoms with E-state index < -0.39 is 0 Å². The number of carbonyl (C=O) groups excluding carboxylic acids is 2. The smallest absolute Gasteiger partial charge is 0.257 e. The molecule has 3 aliphatic rings. The lowest BCUT2D eigenvalue weighted by molar-refractivity contribution is -0.131. The largest absolute Gasteiger partial charge is 0.381 e. The molecular weight excluding hydrogens is 524 g/mol. The van der Waals surface area contributed by atoms with Gasteiger partial charge in [0, 0.05) is 75.8 Å². The normalized spacial score (nSPS) is 23.3. The summed E-state index contributed by atoms with van der Waals surface area (Å²) in [4.78, 5) is 38.1. The van der Waals surface area contributed by atoms with Gasteiger partial charge in [-0.25, -0.2) is 9.97 Å². The summed E-state index contributed by atoms with van der Waals surface area (Å²) >= 11 is 0. The maximum atomic E-state index is 13.3. The Morgan fingerprint density at radius 2 is 2.00 bits per heavy atom. The van der Waals surface area contributed by atoms with E-state index in [4.69, 9.17) is 19.4 Å². The van der Waals surface area contributed by atoms with E-state index in [1.165, 1.54) is 0 Å². The number of hydrogen-bond donors (Lipinski definition) is 2. The van der Waals surface area contributed by atoms with E-state index in [-0.39, 0.29) is 36.0 Å². The number of methoxy groups -OCH3 is 1. The van der Waals surface area contributed by atoms with Gasteiger partial charge in [0.15, 0.2) is 5.65 Å². The highest BCUT2D eigenvalue weighted by atomic mass is 16.5. The zero-order valence-corrected chi connectivity index (χ0v) is 23.2. The van der Waals surface area contributed by atoms with Gasteiger partial charge in [0.25, 0.3) is 5.91 Å². The lowest BCUT2D eigenvalue weighted by Crippen LogP contribution is -2.51. The van der Waals surface area contributed by atoms with Crippen molar-refractivity contribution in [1.82, 2.24) is 34.4 Å². The van der Waals surface area contributed by atoms with Crippen molar-refractivity contribution >= 4 is 34.3 Å². The molecule has 214 valence electrons. The molecule has 0 spiro atoms. The molecule has 41 heavy (non-hydrogen) atoms. The number of anilines is 1. The average Bonchev–Trinajstić information content (AvgIpc) is 3.70. The fraction of sp³-hybridized carbons (Fsp3) is 0.483. The van der Waals surface area contributed by atoms with E-state index in [0.717, 1.165) is 42.3 Å². The quantitative estimate of drug-likeness (QED) is 0.354. The first-order chi connectivity index (χ1) is 20.1. The molecule has 4 aromatic rings. The molecule has 12 nitrogen and oxygen atoms in total. The summed E-state index contributed by atoms with van der Waals surface area (Å²) in [5, 5.41) is 11.7. The Bertz CT molecular complexity index is 1620. The standard InChI is InChI=1S/C29H34N8O4/c1-30-25-13-23(33-28-20(14-32-37(25)28)29(39)34-22-5-6-24(22)40-2)21-16-36(27-19(21)4-3-9-31-27)18-12-26(38)35(15-18)17-7-10-41-11-8-17/h3-4,9,13-14,16-18,22,24,30H,5-8,10-12,15H2,1-2H3,(H,34,39)/t18-,22?,24+/m0/s1. The minimum absolute atomic E-state index is 0.0201. The van der Waals surface area contributed by atoms with Crippen molar-refractivity contribution in [2.45, 2.75) is 56.3 Å². The van der Waals surface area contributed by atoms with Crippen LogP contribution >= 0.6 is 0 Å². The summed E-state index contributed by atoms with van der Waals surface area (Å²) in [6.07, 6.45) is 9.41. The Morgan fingerprint density at radius 1 is 1.15 bits per heavy atom. The second kappa shape index (κ2) is 10.4. The van der Waals surface area contributed by atoms with Gasteiger partial charge in [-0.05, 0) is 37.8 Å². The van der Waals surface area contributed by atoms with E-state index in [2.05, 4.69) is 26.5 Å². The summed E-state index contributed by atoms with van der Waals surface area (Å²) in [6.45, 7) is 2.04. The maximum absolute atomic E-state index is 13.3. The van der Waals surface area contributed by atoms with E-state index in [0.29, 0.717) is 48.9 Å². The van der Waals surface area contributed by atoms with Gasteiger partial charge in [-0.3, -0.25) is 9.59 Å². The van der Waals surface area contributed by atoms with Crippen molar-refractivity contribution in [2.75, 3.05) is 39.2 Å². The monoisotopic (exact) mass is 558 g/mol. The molecule has 2 amide bonds. The highest BCUT2D eigenvalue weighted by Crippen LogP contribution is 2.36. The molecule has 6 heterocycles. The van der Waals surface area contributed by atoms with Crippen LogP contribution in [0.1, 0.15) is 48.5 Å². The number of amides is 2. The third kappa shape index (κ3) is 4.41. The van der Waals surface area contributed by atoms with Gasteiger partial charge in [0.1, 0.15) is 17.0 Å². The van der Waals surface area contributed by atoms with Crippen molar-refractivity contribution in [3.63, 3.8) is 0 Å². The first kappa shape index (κ1) is 25.9. The van der Waals surface area contributed by atoms with E-state index >= 15 is 0 Å². The minimum atomic E-state index is -0.222. The van der Waals surface area contributed by atoms with Crippen LogP contribution in [0.3, 0.4) is 0 Å². The highest BCUT2D eigenvalue weighted by Gasteiger charge is 2.37. The van der Waals surface area contributed by atoms with Gasteiger partial charge < -0.3 is 29.6 Å². The first-order valence-electron chi connectivity index (χ1n) is 14.3. The highest BCUT2D eigenvalue weighted by molar-refractivity contribution is 6.01. The Morgan fingerprint density at radius 3 is 2.76 bits per heavy atom. The van der Waals surface area contributed by atoms with Crippen LogP contribution in [-0.4, -0.2) is 93.0 Å². The van der Waals surface area contributed by atoms with E-state index in [9.17, 15) is 9.59 Å². The molecule has 12 heteroatoms. The van der Waals surface area contributed by atoms with Crippen molar-refractivity contribution in [3.05, 3.63) is 42.4 Å². The summed E-state index contributed by atoms with van der Waals surface area (Å²) < 4.78 is 14.7. The van der Waals surface area contributed by atoms with E-state index in [1.54, 1.807) is 24.0 Å². The zero-order chi connectivity index (χ0) is 28.1. The van der Waals surface area contributed by atoms with Crippen LogP contribution in [0.15, 0.2) is 36.8 Å². The molecule has 7 rings (SSSR count).